The van der Waals surface area contributed by atoms with Crippen molar-refractivity contribution in [2.45, 2.75) is 32.1 Å². The van der Waals surface area contributed by atoms with Gasteiger partial charge in [-0.15, -0.1) is 10.2 Å². The van der Waals surface area contributed by atoms with Gasteiger partial charge in [0.1, 0.15) is 19.3 Å². The molecule has 3 heterocycles. The van der Waals surface area contributed by atoms with E-state index in [1.165, 1.54) is 11.9 Å². The number of carbonyl (C=O) groups excluding carboxylic acids is 1. The lowest BCUT2D eigenvalue weighted by atomic mass is 9.98. The van der Waals surface area contributed by atoms with Gasteiger partial charge in [0.25, 0.3) is 0 Å². The number of hydrogen-bond donors (Lipinski definition) is 0. The van der Waals surface area contributed by atoms with Gasteiger partial charge >= 0.3 is 5.97 Å². The fourth-order valence-electron chi connectivity index (χ4n) is 4.84. The van der Waals surface area contributed by atoms with Crippen LogP contribution in [0.25, 0.3) is 5.69 Å². The summed E-state index contributed by atoms with van der Waals surface area (Å²) in [6.07, 6.45) is 1.52. The Morgan fingerprint density at radius 2 is 1.95 bits per heavy atom. The van der Waals surface area contributed by atoms with Crippen molar-refractivity contribution < 1.29 is 28.6 Å². The molecule has 0 spiro atoms. The summed E-state index contributed by atoms with van der Waals surface area (Å²) >= 11 is 6.49. The van der Waals surface area contributed by atoms with Crippen LogP contribution in [0.2, 0.25) is 5.02 Å². The minimum atomic E-state index is -0.703. The van der Waals surface area contributed by atoms with Gasteiger partial charge in [0, 0.05) is 28.8 Å². The van der Waals surface area contributed by atoms with E-state index in [-0.39, 0.29) is 18.1 Å². The number of benzene rings is 2. The molecule has 2 aromatic carbocycles. The zero-order valence-electron chi connectivity index (χ0n) is 23.0. The molecule has 2 aromatic heterocycles. The van der Waals surface area contributed by atoms with E-state index in [1.54, 1.807) is 21.1 Å². The number of halogens is 1. The topological polar surface area (TPSA) is 124 Å². The molecule has 4 aromatic rings. The number of ether oxygens (including phenoxy) is 4. The van der Waals surface area contributed by atoms with E-state index < -0.39 is 18.2 Å². The van der Waals surface area contributed by atoms with E-state index in [4.69, 9.17) is 35.4 Å². The van der Waals surface area contributed by atoms with Crippen molar-refractivity contribution in [2.24, 2.45) is 5.16 Å². The van der Waals surface area contributed by atoms with Crippen LogP contribution in [0, 0.1) is 0 Å². The van der Waals surface area contributed by atoms with Crippen LogP contribution in [-0.4, -0.2) is 64.4 Å². The number of oxime groups is 1. The standard InChI is InChI=1S/C28H29ClN6O6/c1-5-40-28(36)24(32-39-4)27-30-33-35(31-27)15-13-22-21-9-7-14-34(21)20-12-11-17(29)16-19(20)25(41-22)18-8-6-10-23(37-2)26(18)38-3/h6-12,14,16,22,25H,5,13,15H2,1-4H3/b32-24+/t22-,25-/m1/s1. The summed E-state index contributed by atoms with van der Waals surface area (Å²) in [5, 5.41) is 16.7. The molecule has 214 valence electrons. The molecule has 1 aliphatic heterocycles. The molecule has 1 aliphatic rings. The molecule has 0 fully saturated rings. The van der Waals surface area contributed by atoms with E-state index in [0.717, 1.165) is 22.5 Å². The number of aromatic nitrogens is 5. The van der Waals surface area contributed by atoms with Crippen LogP contribution in [-0.2, 0) is 25.7 Å². The van der Waals surface area contributed by atoms with Crippen LogP contribution < -0.4 is 9.47 Å². The molecule has 41 heavy (non-hydrogen) atoms. The third-order valence-corrected chi connectivity index (χ3v) is 6.80. The van der Waals surface area contributed by atoms with Crippen LogP contribution in [0.4, 0.5) is 0 Å². The second-order valence-electron chi connectivity index (χ2n) is 8.93. The summed E-state index contributed by atoms with van der Waals surface area (Å²) < 4.78 is 25.3. The van der Waals surface area contributed by atoms with Crippen molar-refractivity contribution >= 4 is 23.3 Å². The van der Waals surface area contributed by atoms with Crippen LogP contribution in [0.5, 0.6) is 11.5 Å². The first-order valence-electron chi connectivity index (χ1n) is 12.9. The molecule has 0 N–H and O–H groups in total. The maximum atomic E-state index is 12.3. The average molecular weight is 581 g/mol. The van der Waals surface area contributed by atoms with Crippen LogP contribution in [0.15, 0.2) is 59.9 Å². The van der Waals surface area contributed by atoms with Crippen molar-refractivity contribution in [1.29, 1.82) is 0 Å². The smallest absolute Gasteiger partial charge is 0.364 e. The Labute approximate surface area is 241 Å². The van der Waals surface area contributed by atoms with Gasteiger partial charge in [-0.3, -0.25) is 0 Å². The van der Waals surface area contributed by atoms with Gasteiger partial charge in [-0.25, -0.2) is 4.79 Å². The number of hydrogen-bond acceptors (Lipinski definition) is 10. The predicted molar refractivity (Wildman–Crippen MR) is 149 cm³/mol. The number of aryl methyl sites for hydroxylation is 1. The monoisotopic (exact) mass is 580 g/mol. The zero-order chi connectivity index (χ0) is 28.9. The molecule has 0 saturated carbocycles. The summed E-state index contributed by atoms with van der Waals surface area (Å²) in [5.41, 5.74) is 3.37. The average Bonchev–Trinajstić information content (AvgIpc) is 3.64. The SMILES string of the molecule is CCOC(=O)/C(=N/OC)c1nnn(CC[C@H]2O[C@H](c3cccc(OC)c3OC)c3cc(Cl)ccc3-n3cccc32)n1. The number of esters is 1. The molecule has 0 amide bonds. The largest absolute Gasteiger partial charge is 0.493 e. The van der Waals surface area contributed by atoms with Gasteiger partial charge in [-0.05, 0) is 48.5 Å². The Balaban J connectivity index is 1.50. The molecule has 0 aliphatic carbocycles. The second kappa shape index (κ2) is 12.4. The van der Waals surface area contributed by atoms with Crippen molar-refractivity contribution in [3.05, 3.63) is 82.4 Å². The van der Waals surface area contributed by atoms with Crippen molar-refractivity contribution in [3.63, 3.8) is 0 Å². The Kier molecular flexibility index (Phi) is 8.50. The highest BCUT2D eigenvalue weighted by Crippen LogP contribution is 2.46. The van der Waals surface area contributed by atoms with Gasteiger partial charge in [0.2, 0.25) is 11.5 Å². The van der Waals surface area contributed by atoms with E-state index in [2.05, 4.69) is 25.1 Å². The maximum absolute atomic E-state index is 12.3. The van der Waals surface area contributed by atoms with E-state index >= 15 is 0 Å². The Hall–Kier alpha value is -4.42. The quantitative estimate of drug-likeness (QED) is 0.153. The maximum Gasteiger partial charge on any atom is 0.364 e. The van der Waals surface area contributed by atoms with Crippen molar-refractivity contribution in [1.82, 2.24) is 24.8 Å². The molecule has 12 nitrogen and oxygen atoms in total. The molecule has 13 heteroatoms. The van der Waals surface area contributed by atoms with Crippen LogP contribution in [0.3, 0.4) is 0 Å². The summed E-state index contributed by atoms with van der Waals surface area (Å²) in [6.45, 7) is 2.18. The summed E-state index contributed by atoms with van der Waals surface area (Å²) in [5.74, 6) is 0.455. The highest BCUT2D eigenvalue weighted by Gasteiger charge is 2.33. The highest BCUT2D eigenvalue weighted by molar-refractivity contribution is 6.42. The number of para-hydroxylation sites is 1. The zero-order valence-corrected chi connectivity index (χ0v) is 23.7. The third kappa shape index (κ3) is 5.61. The minimum Gasteiger partial charge on any atom is -0.493 e. The second-order valence-corrected chi connectivity index (χ2v) is 9.37. The van der Waals surface area contributed by atoms with E-state index in [1.807, 2.05) is 54.7 Å². The molecule has 0 unspecified atom stereocenters. The lowest BCUT2D eigenvalue weighted by Crippen LogP contribution is -2.21. The molecule has 0 radical (unpaired) electrons. The molecular weight excluding hydrogens is 552 g/mol. The summed E-state index contributed by atoms with van der Waals surface area (Å²) in [7, 11) is 4.52. The fraction of sp³-hybridized carbons (Fsp3) is 0.321. The van der Waals surface area contributed by atoms with E-state index in [0.29, 0.717) is 29.5 Å². The lowest BCUT2D eigenvalue weighted by Gasteiger charge is -2.25. The summed E-state index contributed by atoms with van der Waals surface area (Å²) in [6, 6.07) is 15.4. The first-order valence-corrected chi connectivity index (χ1v) is 13.3. The molecule has 5 rings (SSSR count). The number of tetrazole rings is 1. The predicted octanol–water partition coefficient (Wildman–Crippen LogP) is 4.30. The fourth-order valence-corrected chi connectivity index (χ4v) is 5.02. The highest BCUT2D eigenvalue weighted by atomic mass is 35.5. The minimum absolute atomic E-state index is 0.00324. The van der Waals surface area contributed by atoms with Gasteiger partial charge in [-0.2, -0.15) is 4.80 Å². The Morgan fingerprint density at radius 3 is 2.71 bits per heavy atom. The number of carbonyl (C=O) groups is 1. The number of methoxy groups -OCH3 is 2. The van der Waals surface area contributed by atoms with Gasteiger partial charge in [0.15, 0.2) is 11.5 Å². The number of nitrogens with zero attached hydrogens (tertiary/aromatic N) is 6. The molecule has 0 bridgehead atoms. The van der Waals surface area contributed by atoms with Gasteiger partial charge in [0.05, 0.1) is 38.8 Å². The van der Waals surface area contributed by atoms with E-state index in [9.17, 15) is 4.79 Å². The van der Waals surface area contributed by atoms with Crippen LogP contribution in [0.1, 0.15) is 48.2 Å². The first kappa shape index (κ1) is 28.1. The lowest BCUT2D eigenvalue weighted by molar-refractivity contribution is -0.135. The Bertz CT molecular complexity index is 1570. The van der Waals surface area contributed by atoms with Crippen LogP contribution >= 0.6 is 11.6 Å². The molecular formula is C28H29ClN6O6. The number of fused-ring (bicyclic) bond motifs is 3. The number of rotatable bonds is 10. The normalized spacial score (nSPS) is 16.4. The van der Waals surface area contributed by atoms with Crippen molar-refractivity contribution in [2.75, 3.05) is 27.9 Å². The Morgan fingerprint density at radius 1 is 1.10 bits per heavy atom. The van der Waals surface area contributed by atoms with Gasteiger partial charge in [-0.1, -0.05) is 28.9 Å². The third-order valence-electron chi connectivity index (χ3n) is 6.57. The van der Waals surface area contributed by atoms with Gasteiger partial charge < -0.3 is 28.4 Å². The molecule has 2 atom stereocenters. The van der Waals surface area contributed by atoms with Crippen molar-refractivity contribution in [3.8, 4) is 17.2 Å². The molecule has 0 saturated heterocycles. The summed E-state index contributed by atoms with van der Waals surface area (Å²) in [4.78, 5) is 18.5. The first-order chi connectivity index (χ1) is 20.0.